The molecule has 0 aromatic heterocycles. The summed E-state index contributed by atoms with van der Waals surface area (Å²) < 4.78 is 5.44. The quantitative estimate of drug-likeness (QED) is 0.746. The van der Waals surface area contributed by atoms with Crippen molar-refractivity contribution in [2.24, 2.45) is 11.7 Å². The molecular weight excluding hydrogens is 226 g/mol. The first-order valence-electron chi connectivity index (χ1n) is 6.78. The Kier molecular flexibility index (Phi) is 6.76. The van der Waals surface area contributed by atoms with Gasteiger partial charge in [-0.05, 0) is 55.8 Å². The molecule has 0 aliphatic heterocycles. The first kappa shape index (κ1) is 15.0. The molecule has 1 rings (SSSR count). The maximum absolute atomic E-state index is 9.23. The SMILES string of the molecule is CCOc1ccc(C(CC)CC(CN)CO)cc1. The first-order valence-corrected chi connectivity index (χ1v) is 6.78. The van der Waals surface area contributed by atoms with Crippen molar-refractivity contribution in [3.8, 4) is 5.75 Å². The molecule has 0 bridgehead atoms. The van der Waals surface area contributed by atoms with Gasteiger partial charge in [0.2, 0.25) is 0 Å². The van der Waals surface area contributed by atoms with Crippen molar-refractivity contribution in [2.75, 3.05) is 19.8 Å². The van der Waals surface area contributed by atoms with Gasteiger partial charge in [-0.1, -0.05) is 19.1 Å². The Balaban J connectivity index is 2.69. The lowest BCUT2D eigenvalue weighted by atomic mass is 9.87. The van der Waals surface area contributed by atoms with Crippen molar-refractivity contribution < 1.29 is 9.84 Å². The minimum Gasteiger partial charge on any atom is -0.494 e. The number of aliphatic hydroxyl groups is 1. The fourth-order valence-electron chi connectivity index (χ4n) is 2.19. The Morgan fingerprint density at radius 1 is 1.22 bits per heavy atom. The highest BCUT2D eigenvalue weighted by Gasteiger charge is 2.15. The Morgan fingerprint density at radius 3 is 2.33 bits per heavy atom. The van der Waals surface area contributed by atoms with Gasteiger partial charge in [-0.2, -0.15) is 0 Å². The van der Waals surface area contributed by atoms with Crippen LogP contribution in [-0.4, -0.2) is 24.9 Å². The summed E-state index contributed by atoms with van der Waals surface area (Å²) in [5, 5.41) is 9.23. The van der Waals surface area contributed by atoms with Gasteiger partial charge in [-0.3, -0.25) is 0 Å². The zero-order valence-electron chi connectivity index (χ0n) is 11.4. The van der Waals surface area contributed by atoms with Gasteiger partial charge in [-0.15, -0.1) is 0 Å². The first-order chi connectivity index (χ1) is 8.74. The molecule has 0 aliphatic rings. The summed E-state index contributed by atoms with van der Waals surface area (Å²) in [5.41, 5.74) is 6.95. The van der Waals surface area contributed by atoms with Crippen LogP contribution in [0.3, 0.4) is 0 Å². The molecule has 3 N–H and O–H groups in total. The number of nitrogens with two attached hydrogens (primary N) is 1. The van der Waals surface area contributed by atoms with E-state index in [-0.39, 0.29) is 12.5 Å². The van der Waals surface area contributed by atoms with E-state index in [9.17, 15) is 5.11 Å². The summed E-state index contributed by atoms with van der Waals surface area (Å²) in [6, 6.07) is 8.25. The molecule has 102 valence electrons. The van der Waals surface area contributed by atoms with Gasteiger partial charge in [-0.25, -0.2) is 0 Å². The third-order valence-corrected chi connectivity index (χ3v) is 3.36. The number of benzene rings is 1. The molecule has 1 aromatic rings. The standard InChI is InChI=1S/C15H25NO2/c1-3-13(9-12(10-16)11-17)14-5-7-15(8-6-14)18-4-2/h5-8,12-13,17H,3-4,9-11,16H2,1-2H3. The number of hydrogen-bond acceptors (Lipinski definition) is 3. The third kappa shape index (κ3) is 4.31. The van der Waals surface area contributed by atoms with Crippen LogP contribution in [0.25, 0.3) is 0 Å². The van der Waals surface area contributed by atoms with Crippen LogP contribution >= 0.6 is 0 Å². The van der Waals surface area contributed by atoms with Crippen molar-refractivity contribution in [2.45, 2.75) is 32.6 Å². The van der Waals surface area contributed by atoms with Gasteiger partial charge in [0.05, 0.1) is 6.61 Å². The minimum atomic E-state index is 0.171. The zero-order chi connectivity index (χ0) is 13.4. The molecule has 1 aromatic carbocycles. The van der Waals surface area contributed by atoms with Crippen molar-refractivity contribution in [3.63, 3.8) is 0 Å². The Labute approximate surface area is 110 Å². The van der Waals surface area contributed by atoms with Gasteiger partial charge >= 0.3 is 0 Å². The van der Waals surface area contributed by atoms with Crippen LogP contribution in [0.4, 0.5) is 0 Å². The minimum absolute atomic E-state index is 0.171. The van der Waals surface area contributed by atoms with E-state index in [4.69, 9.17) is 10.5 Å². The third-order valence-electron chi connectivity index (χ3n) is 3.36. The van der Waals surface area contributed by atoms with E-state index in [2.05, 4.69) is 19.1 Å². The van der Waals surface area contributed by atoms with Crippen LogP contribution in [0, 0.1) is 5.92 Å². The highest BCUT2D eigenvalue weighted by molar-refractivity contribution is 5.29. The Morgan fingerprint density at radius 2 is 1.89 bits per heavy atom. The lowest BCUT2D eigenvalue weighted by Crippen LogP contribution is -2.20. The molecule has 0 saturated carbocycles. The average molecular weight is 251 g/mol. The summed E-state index contributed by atoms with van der Waals surface area (Å²) in [6.45, 7) is 5.56. The molecule has 0 saturated heterocycles. The van der Waals surface area contributed by atoms with Crippen LogP contribution < -0.4 is 10.5 Å². The van der Waals surface area contributed by atoms with E-state index >= 15 is 0 Å². The highest BCUT2D eigenvalue weighted by atomic mass is 16.5. The molecule has 18 heavy (non-hydrogen) atoms. The average Bonchev–Trinajstić information content (AvgIpc) is 2.42. The fourth-order valence-corrected chi connectivity index (χ4v) is 2.19. The van der Waals surface area contributed by atoms with E-state index in [1.165, 1.54) is 5.56 Å². The fraction of sp³-hybridized carbons (Fsp3) is 0.600. The molecule has 2 atom stereocenters. The van der Waals surface area contributed by atoms with Gasteiger partial charge in [0.15, 0.2) is 0 Å². The molecular formula is C15H25NO2. The van der Waals surface area contributed by atoms with Gasteiger partial charge in [0.25, 0.3) is 0 Å². The summed E-state index contributed by atoms with van der Waals surface area (Å²) in [6.07, 6.45) is 2.00. The predicted octanol–water partition coefficient (Wildman–Crippen LogP) is 2.54. The monoisotopic (exact) mass is 251 g/mol. The van der Waals surface area contributed by atoms with Crippen LogP contribution in [0.15, 0.2) is 24.3 Å². The largest absolute Gasteiger partial charge is 0.494 e. The maximum Gasteiger partial charge on any atom is 0.119 e. The normalized spacial score (nSPS) is 14.2. The second-order valence-corrected chi connectivity index (χ2v) is 4.63. The zero-order valence-corrected chi connectivity index (χ0v) is 11.4. The molecule has 3 nitrogen and oxygen atoms in total. The van der Waals surface area contributed by atoms with Gasteiger partial charge < -0.3 is 15.6 Å². The second kappa shape index (κ2) is 8.11. The van der Waals surface area contributed by atoms with E-state index in [1.807, 2.05) is 19.1 Å². The summed E-state index contributed by atoms with van der Waals surface area (Å²) in [7, 11) is 0. The van der Waals surface area contributed by atoms with Crippen LogP contribution in [0.1, 0.15) is 38.2 Å². The van der Waals surface area contributed by atoms with E-state index in [1.54, 1.807) is 0 Å². The number of ether oxygens (including phenoxy) is 1. The summed E-state index contributed by atoms with van der Waals surface area (Å²) in [4.78, 5) is 0. The molecule has 3 heteroatoms. The molecule has 0 fully saturated rings. The summed E-state index contributed by atoms with van der Waals surface area (Å²) in [5.74, 6) is 1.57. The van der Waals surface area contributed by atoms with Gasteiger partial charge in [0.1, 0.15) is 5.75 Å². The predicted molar refractivity (Wildman–Crippen MR) is 74.9 cm³/mol. The molecule has 2 unspecified atom stereocenters. The van der Waals surface area contributed by atoms with Crippen molar-refractivity contribution in [3.05, 3.63) is 29.8 Å². The molecule has 0 aliphatic carbocycles. The van der Waals surface area contributed by atoms with Crippen LogP contribution in [0.2, 0.25) is 0 Å². The number of rotatable bonds is 8. The lowest BCUT2D eigenvalue weighted by molar-refractivity contribution is 0.214. The van der Waals surface area contributed by atoms with E-state index < -0.39 is 0 Å². The molecule has 0 spiro atoms. The van der Waals surface area contributed by atoms with Crippen LogP contribution in [0.5, 0.6) is 5.75 Å². The summed E-state index contributed by atoms with van der Waals surface area (Å²) >= 11 is 0. The molecule has 0 amide bonds. The van der Waals surface area contributed by atoms with Crippen molar-refractivity contribution >= 4 is 0 Å². The second-order valence-electron chi connectivity index (χ2n) is 4.63. The topological polar surface area (TPSA) is 55.5 Å². The van der Waals surface area contributed by atoms with Crippen molar-refractivity contribution in [1.29, 1.82) is 0 Å². The molecule has 0 heterocycles. The van der Waals surface area contributed by atoms with Crippen molar-refractivity contribution in [1.82, 2.24) is 0 Å². The Bertz CT molecular complexity index is 320. The number of aliphatic hydroxyl groups excluding tert-OH is 1. The Hall–Kier alpha value is -1.06. The smallest absolute Gasteiger partial charge is 0.119 e. The van der Waals surface area contributed by atoms with Crippen LogP contribution in [-0.2, 0) is 0 Å². The highest BCUT2D eigenvalue weighted by Crippen LogP contribution is 2.28. The van der Waals surface area contributed by atoms with E-state index in [0.29, 0.717) is 19.1 Å². The maximum atomic E-state index is 9.23. The lowest BCUT2D eigenvalue weighted by Gasteiger charge is -2.20. The van der Waals surface area contributed by atoms with Gasteiger partial charge in [0, 0.05) is 6.61 Å². The number of hydrogen-bond donors (Lipinski definition) is 2. The van der Waals surface area contributed by atoms with E-state index in [0.717, 1.165) is 18.6 Å². The molecule has 0 radical (unpaired) electrons.